The monoisotopic (exact) mass is 453 g/mol. The maximum atomic E-state index is 12.8. The molecule has 2 aliphatic rings. The fourth-order valence-corrected chi connectivity index (χ4v) is 6.48. The van der Waals surface area contributed by atoms with Crippen LogP contribution in [-0.4, -0.2) is 44.8 Å². The number of aromatic nitrogens is 1. The number of thiophene rings is 1. The Labute approximate surface area is 180 Å². The van der Waals surface area contributed by atoms with E-state index in [0.717, 1.165) is 12.1 Å². The van der Waals surface area contributed by atoms with E-state index >= 15 is 0 Å². The van der Waals surface area contributed by atoms with E-state index in [9.17, 15) is 9.35 Å². The number of carbonyl (C=O) groups excluding carboxylic acids is 1. The molecular formula is C18H20ClN5O3S2. The largest absolute Gasteiger partial charge is 0.591 e. The highest BCUT2D eigenvalue weighted by Gasteiger charge is 2.60. The molecule has 3 atom stereocenters. The number of fused-ring (bicyclic) bond motifs is 1. The van der Waals surface area contributed by atoms with Gasteiger partial charge >= 0.3 is 0 Å². The van der Waals surface area contributed by atoms with Gasteiger partial charge in [0.05, 0.1) is 28.4 Å². The summed E-state index contributed by atoms with van der Waals surface area (Å²) < 4.78 is 19.8. The molecule has 1 amide bonds. The predicted octanol–water partition coefficient (Wildman–Crippen LogP) is 2.69. The molecule has 2 aromatic heterocycles. The van der Waals surface area contributed by atoms with E-state index in [0.29, 0.717) is 33.6 Å². The predicted molar refractivity (Wildman–Crippen MR) is 114 cm³/mol. The number of nitrogens with zero attached hydrogens (tertiary/aromatic N) is 2. The summed E-state index contributed by atoms with van der Waals surface area (Å²) in [5.74, 6) is 0.182. The summed E-state index contributed by atoms with van der Waals surface area (Å²) >= 11 is 6.17. The molecule has 4 rings (SSSR count). The lowest BCUT2D eigenvalue weighted by atomic mass is 9.96. The second kappa shape index (κ2) is 7.77. The van der Waals surface area contributed by atoms with E-state index in [-0.39, 0.29) is 11.9 Å². The highest BCUT2D eigenvalue weighted by atomic mass is 35.5. The second-order valence-electron chi connectivity index (χ2n) is 6.78. The molecular weight excluding hydrogens is 434 g/mol. The summed E-state index contributed by atoms with van der Waals surface area (Å²) in [5.41, 5.74) is -0.694. The molecule has 3 unspecified atom stereocenters. The van der Waals surface area contributed by atoms with E-state index in [1.54, 1.807) is 19.2 Å². The van der Waals surface area contributed by atoms with E-state index in [2.05, 4.69) is 15.6 Å². The van der Waals surface area contributed by atoms with Crippen LogP contribution in [0.1, 0.15) is 33.6 Å². The van der Waals surface area contributed by atoms with Crippen molar-refractivity contribution >= 4 is 52.0 Å². The standard InChI is InChI=1S/C18H20ClN5O3S2/c1-3-10-5-4-6-13(21-10)22-15(25)12-9-11(19)14(28-12)18-7-8-27-16(18)29(26)24(2)17(20)23-18/h4-6,9,16H,3,7-8H2,1-2H3,(H2,20,23)(H,21,22,25). The van der Waals surface area contributed by atoms with Crippen LogP contribution in [0.25, 0.3) is 0 Å². The Morgan fingerprint density at radius 1 is 1.62 bits per heavy atom. The molecule has 4 heterocycles. The molecule has 29 heavy (non-hydrogen) atoms. The Bertz CT molecular complexity index is 971. The molecule has 2 saturated heterocycles. The Hall–Kier alpha value is -1.85. The molecule has 0 saturated carbocycles. The Balaban J connectivity index is 1.63. The number of hydrogen-bond acceptors (Lipinski definition) is 6. The quantitative estimate of drug-likeness (QED) is 0.613. The summed E-state index contributed by atoms with van der Waals surface area (Å²) in [6.45, 7) is 2.38. The van der Waals surface area contributed by atoms with Gasteiger partial charge in [0.15, 0.2) is 5.54 Å². The van der Waals surface area contributed by atoms with Gasteiger partial charge in [-0.15, -0.1) is 11.3 Å². The first-order valence-electron chi connectivity index (χ1n) is 9.05. The van der Waals surface area contributed by atoms with Crippen molar-refractivity contribution in [3.05, 3.63) is 44.7 Å². The molecule has 154 valence electrons. The number of halogens is 1. The van der Waals surface area contributed by atoms with Gasteiger partial charge in [-0.1, -0.05) is 24.6 Å². The number of nitrogens with one attached hydrogen (secondary N) is 3. The number of amides is 1. The summed E-state index contributed by atoms with van der Waals surface area (Å²) in [5, 5.41) is 14.4. The van der Waals surface area contributed by atoms with Crippen LogP contribution < -0.4 is 10.6 Å². The van der Waals surface area contributed by atoms with E-state index < -0.39 is 22.3 Å². The number of rotatable bonds is 4. The third-order valence-corrected chi connectivity index (χ3v) is 8.35. The van der Waals surface area contributed by atoms with Gasteiger partial charge in [0, 0.05) is 12.1 Å². The van der Waals surface area contributed by atoms with Crippen molar-refractivity contribution in [2.45, 2.75) is 30.7 Å². The minimum Gasteiger partial charge on any atom is -0.591 e. The van der Waals surface area contributed by atoms with Gasteiger partial charge in [-0.05, 0) is 24.6 Å². The van der Waals surface area contributed by atoms with Crippen molar-refractivity contribution in [3.8, 4) is 0 Å². The molecule has 0 bridgehead atoms. The van der Waals surface area contributed by atoms with Gasteiger partial charge in [-0.25, -0.2) is 4.98 Å². The maximum Gasteiger partial charge on any atom is 0.269 e. The number of ether oxygens (including phenoxy) is 1. The van der Waals surface area contributed by atoms with Gasteiger partial charge in [-0.3, -0.25) is 10.2 Å². The number of pyridine rings is 1. The zero-order chi connectivity index (χ0) is 20.8. The van der Waals surface area contributed by atoms with E-state index in [1.807, 2.05) is 19.1 Å². The molecule has 3 N–H and O–H groups in total. The number of hydrogen-bond donors (Lipinski definition) is 3. The average molecular weight is 454 g/mol. The number of anilines is 1. The van der Waals surface area contributed by atoms with Crippen LogP contribution in [0.5, 0.6) is 0 Å². The van der Waals surface area contributed by atoms with Gasteiger partial charge in [0.25, 0.3) is 11.3 Å². The molecule has 2 fully saturated rings. The normalized spacial score (nSPS) is 26.2. The van der Waals surface area contributed by atoms with Crippen LogP contribution in [0.3, 0.4) is 0 Å². The molecule has 0 spiro atoms. The van der Waals surface area contributed by atoms with Gasteiger partial charge in [-0.2, -0.15) is 4.31 Å². The summed E-state index contributed by atoms with van der Waals surface area (Å²) in [4.78, 5) is 18.2. The lowest BCUT2D eigenvalue weighted by molar-refractivity contribution is 0.103. The third kappa shape index (κ3) is 3.49. The molecule has 2 aliphatic heterocycles. The Morgan fingerprint density at radius 2 is 2.41 bits per heavy atom. The third-order valence-electron chi connectivity index (χ3n) is 5.00. The molecule has 0 aliphatic carbocycles. The van der Waals surface area contributed by atoms with Crippen LogP contribution in [-0.2, 0) is 28.1 Å². The van der Waals surface area contributed by atoms with Crippen molar-refractivity contribution in [2.75, 3.05) is 19.0 Å². The highest BCUT2D eigenvalue weighted by molar-refractivity contribution is 7.90. The van der Waals surface area contributed by atoms with Crippen LogP contribution in [0, 0.1) is 5.41 Å². The van der Waals surface area contributed by atoms with Crippen molar-refractivity contribution < 1.29 is 14.1 Å². The van der Waals surface area contributed by atoms with Gasteiger partial charge < -0.3 is 19.9 Å². The lowest BCUT2D eigenvalue weighted by Crippen LogP contribution is -2.65. The Kier molecular flexibility index (Phi) is 5.47. The fourth-order valence-electron chi connectivity index (χ4n) is 3.45. The van der Waals surface area contributed by atoms with Crippen molar-refractivity contribution in [1.82, 2.24) is 14.6 Å². The van der Waals surface area contributed by atoms with E-state index in [1.165, 1.54) is 15.6 Å². The zero-order valence-corrected chi connectivity index (χ0v) is 18.2. The van der Waals surface area contributed by atoms with Crippen LogP contribution in [0.4, 0.5) is 5.82 Å². The van der Waals surface area contributed by atoms with Gasteiger partial charge in [0.1, 0.15) is 17.2 Å². The summed E-state index contributed by atoms with van der Waals surface area (Å²) in [7, 11) is 1.57. The smallest absolute Gasteiger partial charge is 0.269 e. The van der Waals surface area contributed by atoms with Gasteiger partial charge in [0.2, 0.25) is 5.96 Å². The lowest BCUT2D eigenvalue weighted by Gasteiger charge is -2.42. The minimum atomic E-state index is -1.54. The maximum absolute atomic E-state index is 12.8. The number of carbonyl (C=O) groups is 1. The van der Waals surface area contributed by atoms with Crippen LogP contribution in [0.2, 0.25) is 5.02 Å². The summed E-state index contributed by atoms with van der Waals surface area (Å²) in [6.07, 6.45) is 1.27. The van der Waals surface area contributed by atoms with Crippen LogP contribution >= 0.6 is 22.9 Å². The second-order valence-corrected chi connectivity index (χ2v) is 9.77. The molecule has 8 nitrogen and oxygen atoms in total. The van der Waals surface area contributed by atoms with Crippen molar-refractivity contribution in [2.24, 2.45) is 0 Å². The van der Waals surface area contributed by atoms with Crippen LogP contribution in [0.15, 0.2) is 24.3 Å². The molecule has 11 heteroatoms. The van der Waals surface area contributed by atoms with Crippen molar-refractivity contribution in [1.29, 1.82) is 5.41 Å². The topological polar surface area (TPSA) is 113 Å². The molecule has 0 aromatic carbocycles. The summed E-state index contributed by atoms with van der Waals surface area (Å²) in [6, 6.07) is 7.07. The Morgan fingerprint density at radius 3 is 3.17 bits per heavy atom. The number of aryl methyl sites for hydroxylation is 1. The first-order chi connectivity index (χ1) is 13.9. The zero-order valence-electron chi connectivity index (χ0n) is 15.8. The average Bonchev–Trinajstić information content (AvgIpc) is 3.31. The minimum absolute atomic E-state index is 0.0288. The van der Waals surface area contributed by atoms with Crippen molar-refractivity contribution in [3.63, 3.8) is 0 Å². The molecule has 2 aromatic rings. The van der Waals surface area contributed by atoms with E-state index in [4.69, 9.17) is 21.7 Å². The SMILES string of the molecule is CCc1cccc(NC(=O)c2cc(Cl)c(C34CCOC3[S+]([O-])N(C)C(=N)N4)s2)n1. The highest BCUT2D eigenvalue weighted by Crippen LogP contribution is 2.47. The fraction of sp³-hybridized carbons (Fsp3) is 0.389. The molecule has 0 radical (unpaired) electrons. The first-order valence-corrected chi connectivity index (χ1v) is 11.4. The first kappa shape index (κ1) is 20.4. The number of guanidine groups is 1.